The molecular formula is C19H29FN2O3. The van der Waals surface area contributed by atoms with E-state index in [9.17, 15) is 14.3 Å². The maximum atomic E-state index is 14.1. The van der Waals surface area contributed by atoms with E-state index in [0.29, 0.717) is 43.2 Å². The second kappa shape index (κ2) is 8.15. The van der Waals surface area contributed by atoms with E-state index in [4.69, 9.17) is 4.74 Å². The van der Waals surface area contributed by atoms with E-state index in [1.165, 1.54) is 13.2 Å². The summed E-state index contributed by atoms with van der Waals surface area (Å²) in [5.41, 5.74) is -1.01. The minimum Gasteiger partial charge on any atom is -0.497 e. The molecule has 1 atom stereocenters. The van der Waals surface area contributed by atoms with Gasteiger partial charge < -0.3 is 19.6 Å². The predicted molar refractivity (Wildman–Crippen MR) is 94.9 cm³/mol. The zero-order valence-corrected chi connectivity index (χ0v) is 15.6. The molecule has 0 aromatic heterocycles. The molecule has 1 aliphatic rings. The van der Waals surface area contributed by atoms with Crippen molar-refractivity contribution in [1.29, 1.82) is 0 Å². The zero-order chi connectivity index (χ0) is 18.6. The SMILES string of the molecule is COc1ccc(F)c(CN2CCCC(O)(CN(C)CC(C)C)C2=O)c1. The van der Waals surface area contributed by atoms with Gasteiger partial charge in [0.05, 0.1) is 7.11 Å². The molecule has 6 heteroatoms. The fourth-order valence-electron chi connectivity index (χ4n) is 3.50. The third kappa shape index (κ3) is 4.92. The second-order valence-electron chi connectivity index (χ2n) is 7.41. The van der Waals surface area contributed by atoms with Gasteiger partial charge >= 0.3 is 0 Å². The molecule has 0 saturated carbocycles. The number of ether oxygens (including phenoxy) is 1. The summed E-state index contributed by atoms with van der Waals surface area (Å²) in [4.78, 5) is 16.4. The molecular weight excluding hydrogens is 323 g/mol. The monoisotopic (exact) mass is 352 g/mol. The standard InChI is InChI=1S/C19H29FN2O3/c1-14(2)11-21(3)13-19(24)8-5-9-22(18(19)23)12-15-10-16(25-4)6-7-17(15)20/h6-7,10,14,24H,5,8-9,11-13H2,1-4H3. The van der Waals surface area contributed by atoms with Crippen molar-refractivity contribution >= 4 is 5.91 Å². The van der Waals surface area contributed by atoms with Crippen LogP contribution in [0.3, 0.4) is 0 Å². The quantitative estimate of drug-likeness (QED) is 0.818. The average molecular weight is 352 g/mol. The smallest absolute Gasteiger partial charge is 0.256 e. The number of likely N-dealkylation sites (tertiary alicyclic amines) is 1. The fraction of sp³-hybridized carbons (Fsp3) is 0.632. The van der Waals surface area contributed by atoms with Gasteiger partial charge in [0.25, 0.3) is 5.91 Å². The number of carbonyl (C=O) groups excluding carboxylic acids is 1. The zero-order valence-electron chi connectivity index (χ0n) is 15.6. The van der Waals surface area contributed by atoms with Crippen LogP contribution in [0, 0.1) is 11.7 Å². The molecule has 1 aromatic carbocycles. The lowest BCUT2D eigenvalue weighted by molar-refractivity contribution is -0.160. The Kier molecular flexibility index (Phi) is 6.41. The van der Waals surface area contributed by atoms with Crippen LogP contribution >= 0.6 is 0 Å². The number of hydrogen-bond donors (Lipinski definition) is 1. The summed E-state index contributed by atoms with van der Waals surface area (Å²) in [5.74, 6) is 0.304. The largest absolute Gasteiger partial charge is 0.497 e. The summed E-state index contributed by atoms with van der Waals surface area (Å²) in [7, 11) is 3.43. The molecule has 0 radical (unpaired) electrons. The molecule has 25 heavy (non-hydrogen) atoms. The Balaban J connectivity index is 2.11. The maximum absolute atomic E-state index is 14.1. The Morgan fingerprint density at radius 1 is 1.44 bits per heavy atom. The van der Waals surface area contributed by atoms with Crippen LogP contribution < -0.4 is 4.74 Å². The van der Waals surface area contributed by atoms with Crippen molar-refractivity contribution in [1.82, 2.24) is 9.80 Å². The topological polar surface area (TPSA) is 53.0 Å². The molecule has 1 amide bonds. The molecule has 1 N–H and O–H groups in total. The van der Waals surface area contributed by atoms with Gasteiger partial charge in [-0.25, -0.2) is 4.39 Å². The van der Waals surface area contributed by atoms with Crippen molar-refractivity contribution in [2.45, 2.75) is 38.8 Å². The van der Waals surface area contributed by atoms with Gasteiger partial charge in [0.1, 0.15) is 11.6 Å². The minimum absolute atomic E-state index is 0.137. The first-order valence-corrected chi connectivity index (χ1v) is 8.78. The normalized spacial score (nSPS) is 21.3. The van der Waals surface area contributed by atoms with Crippen LogP contribution in [-0.4, -0.2) is 60.2 Å². The molecule has 140 valence electrons. The van der Waals surface area contributed by atoms with Crippen molar-refractivity contribution < 1.29 is 19.0 Å². The van der Waals surface area contributed by atoms with Crippen LogP contribution in [0.4, 0.5) is 4.39 Å². The van der Waals surface area contributed by atoms with Gasteiger partial charge in [-0.1, -0.05) is 13.8 Å². The fourth-order valence-corrected chi connectivity index (χ4v) is 3.50. The highest BCUT2D eigenvalue weighted by atomic mass is 19.1. The molecule has 1 aromatic rings. The third-order valence-corrected chi connectivity index (χ3v) is 4.53. The molecule has 1 aliphatic heterocycles. The molecule has 0 aliphatic carbocycles. The number of nitrogens with zero attached hydrogens (tertiary/aromatic N) is 2. The number of piperidine rings is 1. The first-order chi connectivity index (χ1) is 11.7. The van der Waals surface area contributed by atoms with Crippen LogP contribution in [0.15, 0.2) is 18.2 Å². The molecule has 1 fully saturated rings. The average Bonchev–Trinajstić information content (AvgIpc) is 2.53. The van der Waals surface area contributed by atoms with Crippen molar-refractivity contribution in [3.63, 3.8) is 0 Å². The van der Waals surface area contributed by atoms with Gasteiger partial charge in [0, 0.05) is 31.7 Å². The Morgan fingerprint density at radius 3 is 2.80 bits per heavy atom. The Hall–Kier alpha value is -1.66. The van der Waals surface area contributed by atoms with E-state index in [1.54, 1.807) is 17.0 Å². The number of rotatable bonds is 7. The lowest BCUT2D eigenvalue weighted by atomic mass is 9.90. The van der Waals surface area contributed by atoms with Gasteiger partial charge in [-0.3, -0.25) is 4.79 Å². The Morgan fingerprint density at radius 2 is 2.16 bits per heavy atom. The lowest BCUT2D eigenvalue weighted by Crippen LogP contribution is -2.58. The van der Waals surface area contributed by atoms with E-state index >= 15 is 0 Å². The molecule has 5 nitrogen and oxygen atoms in total. The summed E-state index contributed by atoms with van der Waals surface area (Å²) in [6.45, 7) is 5.95. The number of likely N-dealkylation sites (N-methyl/N-ethyl adjacent to an activating group) is 1. The van der Waals surface area contributed by atoms with Gasteiger partial charge in [-0.05, 0) is 44.0 Å². The van der Waals surface area contributed by atoms with E-state index in [2.05, 4.69) is 13.8 Å². The van der Waals surface area contributed by atoms with Crippen LogP contribution in [0.5, 0.6) is 5.75 Å². The first-order valence-electron chi connectivity index (χ1n) is 8.78. The highest BCUT2D eigenvalue weighted by Crippen LogP contribution is 2.27. The molecule has 1 unspecified atom stereocenters. The van der Waals surface area contributed by atoms with Crippen molar-refractivity contribution in [3.05, 3.63) is 29.6 Å². The Labute approximate surface area is 149 Å². The molecule has 0 spiro atoms. The molecule has 2 rings (SSSR count). The van der Waals surface area contributed by atoms with E-state index in [1.807, 2.05) is 11.9 Å². The van der Waals surface area contributed by atoms with Gasteiger partial charge in [-0.15, -0.1) is 0 Å². The van der Waals surface area contributed by atoms with Gasteiger partial charge in [0.2, 0.25) is 0 Å². The summed E-state index contributed by atoms with van der Waals surface area (Å²) >= 11 is 0. The predicted octanol–water partition coefficient (Wildman–Crippen LogP) is 2.28. The summed E-state index contributed by atoms with van der Waals surface area (Å²) < 4.78 is 19.2. The second-order valence-corrected chi connectivity index (χ2v) is 7.41. The number of benzene rings is 1. The highest BCUT2D eigenvalue weighted by molar-refractivity contribution is 5.86. The number of amides is 1. The Bertz CT molecular complexity index is 608. The number of halogens is 1. The van der Waals surface area contributed by atoms with E-state index in [-0.39, 0.29) is 18.3 Å². The van der Waals surface area contributed by atoms with E-state index < -0.39 is 5.60 Å². The van der Waals surface area contributed by atoms with E-state index in [0.717, 1.165) is 6.54 Å². The first kappa shape index (κ1) is 19.7. The van der Waals surface area contributed by atoms with Crippen LogP contribution in [-0.2, 0) is 11.3 Å². The number of carbonyl (C=O) groups is 1. The van der Waals surface area contributed by atoms with Crippen LogP contribution in [0.2, 0.25) is 0 Å². The van der Waals surface area contributed by atoms with Crippen LogP contribution in [0.25, 0.3) is 0 Å². The third-order valence-electron chi connectivity index (χ3n) is 4.53. The minimum atomic E-state index is -1.41. The summed E-state index contributed by atoms with van der Waals surface area (Å²) in [5, 5.41) is 10.9. The van der Waals surface area contributed by atoms with Crippen molar-refractivity contribution in [2.24, 2.45) is 5.92 Å². The molecule has 0 bridgehead atoms. The van der Waals surface area contributed by atoms with Gasteiger partial charge in [-0.2, -0.15) is 0 Å². The highest BCUT2D eigenvalue weighted by Gasteiger charge is 2.43. The number of hydrogen-bond acceptors (Lipinski definition) is 4. The van der Waals surface area contributed by atoms with Crippen LogP contribution in [0.1, 0.15) is 32.3 Å². The lowest BCUT2D eigenvalue weighted by Gasteiger charge is -2.40. The number of aliphatic hydroxyl groups is 1. The van der Waals surface area contributed by atoms with Gasteiger partial charge in [0.15, 0.2) is 5.60 Å². The van der Waals surface area contributed by atoms with Crippen molar-refractivity contribution in [3.8, 4) is 5.75 Å². The van der Waals surface area contributed by atoms with Crippen molar-refractivity contribution in [2.75, 3.05) is 33.8 Å². The summed E-state index contributed by atoms with van der Waals surface area (Å²) in [6.07, 6.45) is 1.13. The molecule has 1 heterocycles. The maximum Gasteiger partial charge on any atom is 0.256 e. The molecule has 1 saturated heterocycles. The summed E-state index contributed by atoms with van der Waals surface area (Å²) in [6, 6.07) is 4.49. The number of methoxy groups -OCH3 is 1.